The number of nitrogens with one attached hydrogen (secondary N) is 1. The second-order valence-corrected chi connectivity index (χ2v) is 3.31. The van der Waals surface area contributed by atoms with Gasteiger partial charge < -0.3 is 10.4 Å². The zero-order valence-corrected chi connectivity index (χ0v) is 7.05. The summed E-state index contributed by atoms with van der Waals surface area (Å²) in [6.45, 7) is 4.43. The molecule has 0 aromatic heterocycles. The van der Waals surface area contributed by atoms with E-state index >= 15 is 0 Å². The summed E-state index contributed by atoms with van der Waals surface area (Å²) in [5.74, 6) is -0.373. The zero-order chi connectivity index (χ0) is 8.48. The van der Waals surface area contributed by atoms with E-state index in [0.717, 1.165) is 19.4 Å². The van der Waals surface area contributed by atoms with Gasteiger partial charge in [0.2, 0.25) is 0 Å². The summed E-state index contributed by atoms with van der Waals surface area (Å²) < 4.78 is 0. The average molecular weight is 157 g/mol. The van der Waals surface area contributed by atoms with E-state index < -0.39 is 11.5 Å². The fourth-order valence-electron chi connectivity index (χ4n) is 1.42. The Balaban J connectivity index is 2.61. The van der Waals surface area contributed by atoms with Crippen LogP contribution in [0.3, 0.4) is 0 Å². The van der Waals surface area contributed by atoms with E-state index in [0.29, 0.717) is 5.92 Å². The Morgan fingerprint density at radius 1 is 1.73 bits per heavy atom. The summed E-state index contributed by atoms with van der Waals surface area (Å²) in [5, 5.41) is 11.9. The number of carbonyl (C=O) groups is 1. The molecule has 2 N–H and O–H groups in total. The lowest BCUT2D eigenvalue weighted by molar-refractivity contribution is -0.145. The van der Waals surface area contributed by atoms with Crippen LogP contribution >= 0.6 is 0 Å². The van der Waals surface area contributed by atoms with Crippen molar-refractivity contribution in [1.82, 2.24) is 5.32 Å². The molecule has 1 fully saturated rings. The normalized spacial score (nSPS) is 22.7. The van der Waals surface area contributed by atoms with Gasteiger partial charge in [0.1, 0.15) is 5.54 Å². The molecule has 3 heteroatoms. The number of carboxylic acids is 1. The highest BCUT2D eigenvalue weighted by atomic mass is 16.4. The molecule has 1 saturated carbocycles. The number of carboxylic acid groups (broad SMARTS) is 1. The zero-order valence-electron chi connectivity index (χ0n) is 7.05. The molecule has 1 aliphatic carbocycles. The molecule has 0 amide bonds. The Kier molecular flexibility index (Phi) is 2.18. The van der Waals surface area contributed by atoms with Crippen LogP contribution in [0.1, 0.15) is 26.7 Å². The smallest absolute Gasteiger partial charge is 0.323 e. The van der Waals surface area contributed by atoms with Gasteiger partial charge in [-0.25, -0.2) is 0 Å². The first-order chi connectivity index (χ1) is 5.11. The fourth-order valence-corrected chi connectivity index (χ4v) is 1.42. The van der Waals surface area contributed by atoms with Crippen molar-refractivity contribution in [1.29, 1.82) is 0 Å². The van der Waals surface area contributed by atoms with Crippen molar-refractivity contribution in [3.63, 3.8) is 0 Å². The molecule has 0 bridgehead atoms. The molecule has 1 unspecified atom stereocenters. The Hall–Kier alpha value is -0.570. The largest absolute Gasteiger partial charge is 0.480 e. The SMILES string of the molecule is CCNC(C)(C(=O)O)C1CC1. The quantitative estimate of drug-likeness (QED) is 0.636. The average Bonchev–Trinajstić information content (AvgIpc) is 2.68. The lowest BCUT2D eigenvalue weighted by Crippen LogP contribution is -2.51. The van der Waals surface area contributed by atoms with Crippen LogP contribution in [0.15, 0.2) is 0 Å². The summed E-state index contributed by atoms with van der Waals surface area (Å²) >= 11 is 0. The number of hydrogen-bond donors (Lipinski definition) is 2. The second-order valence-electron chi connectivity index (χ2n) is 3.31. The molecule has 11 heavy (non-hydrogen) atoms. The van der Waals surface area contributed by atoms with E-state index in [9.17, 15) is 4.79 Å². The first kappa shape index (κ1) is 8.53. The van der Waals surface area contributed by atoms with Gasteiger partial charge in [0.15, 0.2) is 0 Å². The Labute approximate surface area is 66.8 Å². The van der Waals surface area contributed by atoms with Gasteiger partial charge in [-0.05, 0) is 32.2 Å². The van der Waals surface area contributed by atoms with Gasteiger partial charge in [-0.1, -0.05) is 6.92 Å². The van der Waals surface area contributed by atoms with Gasteiger partial charge in [0.05, 0.1) is 0 Å². The van der Waals surface area contributed by atoms with Crippen LogP contribution in [0, 0.1) is 5.92 Å². The van der Waals surface area contributed by atoms with Gasteiger partial charge in [0.25, 0.3) is 0 Å². The molecular weight excluding hydrogens is 142 g/mol. The molecule has 0 spiro atoms. The Bertz CT molecular complexity index is 165. The van der Waals surface area contributed by atoms with Gasteiger partial charge in [-0.2, -0.15) is 0 Å². The molecule has 1 atom stereocenters. The van der Waals surface area contributed by atoms with Crippen LogP contribution in [0.2, 0.25) is 0 Å². The van der Waals surface area contributed by atoms with Crippen LogP contribution in [-0.4, -0.2) is 23.2 Å². The van der Waals surface area contributed by atoms with Gasteiger partial charge in [-0.3, -0.25) is 4.79 Å². The standard InChI is InChI=1S/C8H15NO2/c1-3-9-8(2,7(10)11)6-4-5-6/h6,9H,3-5H2,1-2H3,(H,10,11). The topological polar surface area (TPSA) is 49.3 Å². The van der Waals surface area contributed by atoms with Crippen LogP contribution in [0.5, 0.6) is 0 Å². The number of likely N-dealkylation sites (N-methyl/N-ethyl adjacent to an activating group) is 1. The highest BCUT2D eigenvalue weighted by Gasteiger charge is 2.46. The van der Waals surface area contributed by atoms with Crippen LogP contribution < -0.4 is 5.32 Å². The van der Waals surface area contributed by atoms with Crippen molar-refractivity contribution in [2.75, 3.05) is 6.54 Å². The molecule has 1 rings (SSSR count). The van der Waals surface area contributed by atoms with Crippen molar-refractivity contribution < 1.29 is 9.90 Å². The predicted molar refractivity (Wildman–Crippen MR) is 42.4 cm³/mol. The summed E-state index contributed by atoms with van der Waals surface area (Å²) in [6, 6.07) is 0. The van der Waals surface area contributed by atoms with Crippen molar-refractivity contribution in [3.05, 3.63) is 0 Å². The third-order valence-electron chi connectivity index (χ3n) is 2.38. The van der Waals surface area contributed by atoms with E-state index in [1.807, 2.05) is 6.92 Å². The van der Waals surface area contributed by atoms with E-state index in [1.165, 1.54) is 0 Å². The van der Waals surface area contributed by atoms with Gasteiger partial charge in [-0.15, -0.1) is 0 Å². The van der Waals surface area contributed by atoms with Crippen molar-refractivity contribution >= 4 is 5.97 Å². The lowest BCUT2D eigenvalue weighted by atomic mass is 9.96. The van der Waals surface area contributed by atoms with Crippen LogP contribution in [0.4, 0.5) is 0 Å². The summed E-state index contributed by atoms with van der Waals surface area (Å²) in [5.41, 5.74) is -0.672. The first-order valence-corrected chi connectivity index (χ1v) is 4.09. The molecule has 0 aromatic carbocycles. The maximum atomic E-state index is 10.8. The number of aliphatic carboxylic acids is 1. The van der Waals surface area contributed by atoms with Gasteiger partial charge >= 0.3 is 5.97 Å². The molecule has 1 aliphatic rings. The maximum absolute atomic E-state index is 10.8. The molecule has 0 aromatic rings. The maximum Gasteiger partial charge on any atom is 0.323 e. The van der Waals surface area contributed by atoms with Crippen LogP contribution in [-0.2, 0) is 4.79 Å². The Morgan fingerprint density at radius 3 is 2.55 bits per heavy atom. The summed E-state index contributed by atoms with van der Waals surface area (Å²) in [7, 11) is 0. The van der Waals surface area contributed by atoms with E-state index in [-0.39, 0.29) is 0 Å². The van der Waals surface area contributed by atoms with Crippen molar-refractivity contribution in [2.45, 2.75) is 32.2 Å². The molecule has 0 saturated heterocycles. The lowest BCUT2D eigenvalue weighted by Gasteiger charge is -2.25. The minimum Gasteiger partial charge on any atom is -0.480 e. The minimum absolute atomic E-state index is 0.347. The molecule has 0 heterocycles. The predicted octanol–water partition coefficient (Wildman–Crippen LogP) is 0.849. The third-order valence-corrected chi connectivity index (χ3v) is 2.38. The van der Waals surface area contributed by atoms with Crippen molar-refractivity contribution in [3.8, 4) is 0 Å². The highest BCUT2D eigenvalue weighted by Crippen LogP contribution is 2.39. The van der Waals surface area contributed by atoms with Crippen LogP contribution in [0.25, 0.3) is 0 Å². The molecule has 3 nitrogen and oxygen atoms in total. The molecular formula is C8H15NO2. The summed E-state index contributed by atoms with van der Waals surface area (Å²) in [4.78, 5) is 10.8. The molecule has 0 radical (unpaired) electrons. The number of hydrogen-bond acceptors (Lipinski definition) is 2. The monoisotopic (exact) mass is 157 g/mol. The van der Waals surface area contributed by atoms with Crippen molar-refractivity contribution in [2.24, 2.45) is 5.92 Å². The Morgan fingerprint density at radius 2 is 2.27 bits per heavy atom. The van der Waals surface area contributed by atoms with E-state index in [4.69, 9.17) is 5.11 Å². The second kappa shape index (κ2) is 2.81. The first-order valence-electron chi connectivity index (χ1n) is 4.09. The summed E-state index contributed by atoms with van der Waals surface area (Å²) in [6.07, 6.45) is 2.10. The number of rotatable bonds is 4. The fraction of sp³-hybridized carbons (Fsp3) is 0.875. The highest BCUT2D eigenvalue weighted by molar-refractivity contribution is 5.79. The van der Waals surface area contributed by atoms with Gasteiger partial charge in [0, 0.05) is 0 Å². The van der Waals surface area contributed by atoms with E-state index in [1.54, 1.807) is 6.92 Å². The minimum atomic E-state index is -0.721. The van der Waals surface area contributed by atoms with E-state index in [2.05, 4.69) is 5.32 Å². The third kappa shape index (κ3) is 1.53. The molecule has 0 aliphatic heterocycles. The molecule has 64 valence electrons.